The molecule has 1 aromatic carbocycles. The van der Waals surface area contributed by atoms with Gasteiger partial charge in [0.2, 0.25) is 15.9 Å². The first-order valence-electron chi connectivity index (χ1n) is 8.89. The second kappa shape index (κ2) is 9.11. The van der Waals surface area contributed by atoms with Crippen molar-refractivity contribution in [2.45, 2.75) is 31.1 Å². The number of sulfonamides is 1. The van der Waals surface area contributed by atoms with Crippen LogP contribution in [0.25, 0.3) is 0 Å². The van der Waals surface area contributed by atoms with Gasteiger partial charge in [0, 0.05) is 26.2 Å². The van der Waals surface area contributed by atoms with Crippen LogP contribution in [0.1, 0.15) is 26.2 Å². The number of nitrogens with zero attached hydrogens (tertiary/aromatic N) is 2. The van der Waals surface area contributed by atoms with Gasteiger partial charge in [0.25, 0.3) is 0 Å². The predicted molar refractivity (Wildman–Crippen MR) is 99.9 cm³/mol. The molecule has 7 nitrogen and oxygen atoms in total. The number of piperazine rings is 1. The van der Waals surface area contributed by atoms with Crippen molar-refractivity contribution in [3.8, 4) is 0 Å². The molecule has 1 heterocycles. The van der Waals surface area contributed by atoms with Gasteiger partial charge in [-0.3, -0.25) is 4.79 Å². The smallest absolute Gasteiger partial charge is 0.243 e. The second-order valence-corrected chi connectivity index (χ2v) is 10.7. The largest absolute Gasteiger partial charge is 0.339 e. The topological polar surface area (TPSA) is 91.8 Å². The van der Waals surface area contributed by atoms with Gasteiger partial charge in [-0.25, -0.2) is 21.2 Å². The average Bonchev–Trinajstić information content (AvgIpc) is 2.61. The van der Waals surface area contributed by atoms with Gasteiger partial charge in [-0.2, -0.15) is 4.31 Å². The predicted octanol–water partition coefficient (Wildman–Crippen LogP) is 1.26. The number of hydrogen-bond donors (Lipinski definition) is 0. The Balaban J connectivity index is 1.93. The zero-order chi connectivity index (χ0) is 20.1. The highest BCUT2D eigenvalue weighted by Crippen LogP contribution is 2.18. The summed E-state index contributed by atoms with van der Waals surface area (Å²) in [7, 11) is -7.30. The van der Waals surface area contributed by atoms with Crippen molar-refractivity contribution in [1.29, 1.82) is 0 Å². The summed E-state index contributed by atoms with van der Waals surface area (Å²) in [5.74, 6) is -1.71. The number of halogens is 1. The number of sulfone groups is 1. The second-order valence-electron chi connectivity index (χ2n) is 6.54. The van der Waals surface area contributed by atoms with Crippen molar-refractivity contribution in [1.82, 2.24) is 9.21 Å². The molecule has 27 heavy (non-hydrogen) atoms. The first kappa shape index (κ1) is 21.8. The van der Waals surface area contributed by atoms with E-state index in [1.807, 2.05) is 6.92 Å². The van der Waals surface area contributed by atoms with Crippen LogP contribution in [-0.2, 0) is 24.7 Å². The van der Waals surface area contributed by atoms with Gasteiger partial charge in [-0.05, 0) is 24.6 Å². The van der Waals surface area contributed by atoms with Crippen LogP contribution in [0.5, 0.6) is 0 Å². The van der Waals surface area contributed by atoms with Crippen LogP contribution >= 0.6 is 0 Å². The molecule has 2 rings (SSSR count). The Bertz CT molecular complexity index is 863. The third-order valence-electron chi connectivity index (χ3n) is 4.43. The summed E-state index contributed by atoms with van der Waals surface area (Å²) >= 11 is 0. The van der Waals surface area contributed by atoms with Crippen molar-refractivity contribution >= 4 is 25.8 Å². The summed E-state index contributed by atoms with van der Waals surface area (Å²) in [4.78, 5) is 13.5. The molecule has 0 aliphatic carbocycles. The molecular weight excluding hydrogens is 395 g/mol. The summed E-state index contributed by atoms with van der Waals surface area (Å²) in [6, 6.07) is 4.76. The van der Waals surface area contributed by atoms with E-state index in [1.54, 1.807) is 0 Å². The third kappa shape index (κ3) is 5.98. The third-order valence-corrected chi connectivity index (χ3v) is 7.92. The maximum atomic E-state index is 13.3. The van der Waals surface area contributed by atoms with Gasteiger partial charge in [0.15, 0.2) is 9.84 Å². The summed E-state index contributed by atoms with van der Waals surface area (Å²) < 4.78 is 63.6. The standard InChI is InChI=1S/C17H25FN2O5S2/c1-2-3-4-12-26(22,23)14-17(21)19-8-10-20(11-9-19)27(24,25)16-7-5-6-15(18)13-16/h5-7,13H,2-4,8-12,14H2,1H3. The van der Waals surface area contributed by atoms with Crippen LogP contribution in [0.2, 0.25) is 0 Å². The molecule has 1 aromatic rings. The molecule has 0 unspecified atom stereocenters. The minimum atomic E-state index is -3.85. The molecule has 1 aliphatic heterocycles. The van der Waals surface area contributed by atoms with E-state index >= 15 is 0 Å². The number of carbonyl (C=O) groups excluding carboxylic acids is 1. The van der Waals surface area contributed by atoms with Gasteiger partial charge in [0.05, 0.1) is 10.6 Å². The molecule has 0 aromatic heterocycles. The molecule has 1 aliphatic rings. The fraction of sp³-hybridized carbons (Fsp3) is 0.588. The Kier molecular flexibility index (Phi) is 7.35. The van der Waals surface area contributed by atoms with Crippen molar-refractivity contribution < 1.29 is 26.0 Å². The highest BCUT2D eigenvalue weighted by atomic mass is 32.2. The van der Waals surface area contributed by atoms with Crippen LogP contribution < -0.4 is 0 Å². The lowest BCUT2D eigenvalue weighted by Gasteiger charge is -2.34. The Morgan fingerprint density at radius 1 is 1.07 bits per heavy atom. The molecule has 10 heteroatoms. The number of amides is 1. The lowest BCUT2D eigenvalue weighted by Crippen LogP contribution is -2.51. The number of benzene rings is 1. The van der Waals surface area contributed by atoms with Crippen LogP contribution in [-0.4, -0.2) is 69.6 Å². The molecular formula is C17H25FN2O5S2. The van der Waals surface area contributed by atoms with Gasteiger partial charge in [-0.15, -0.1) is 0 Å². The zero-order valence-corrected chi connectivity index (χ0v) is 16.9. The van der Waals surface area contributed by atoms with Crippen molar-refractivity contribution in [2.75, 3.05) is 37.7 Å². The summed E-state index contributed by atoms with van der Waals surface area (Å²) in [6.45, 7) is 2.27. The molecule has 1 saturated heterocycles. The van der Waals surface area contributed by atoms with Crippen LogP contribution in [0, 0.1) is 5.82 Å². The number of hydrogen-bond acceptors (Lipinski definition) is 5. The number of unbranched alkanes of at least 4 members (excludes halogenated alkanes) is 2. The minimum absolute atomic E-state index is 0.0134. The normalized spacial score (nSPS) is 16.4. The first-order chi connectivity index (χ1) is 12.7. The van der Waals surface area contributed by atoms with E-state index in [2.05, 4.69) is 0 Å². The lowest BCUT2D eigenvalue weighted by molar-refractivity contribution is -0.129. The van der Waals surface area contributed by atoms with Gasteiger partial charge in [-0.1, -0.05) is 25.8 Å². The van der Waals surface area contributed by atoms with E-state index in [-0.39, 0.29) is 36.8 Å². The first-order valence-corrected chi connectivity index (χ1v) is 12.2. The Labute approximate surface area is 160 Å². The maximum Gasteiger partial charge on any atom is 0.243 e. The number of rotatable bonds is 8. The zero-order valence-electron chi connectivity index (χ0n) is 15.3. The molecule has 0 bridgehead atoms. The maximum absolute atomic E-state index is 13.3. The van der Waals surface area contributed by atoms with Gasteiger partial charge < -0.3 is 4.90 Å². The van der Waals surface area contributed by atoms with E-state index < -0.39 is 37.3 Å². The Morgan fingerprint density at radius 2 is 1.74 bits per heavy atom. The quantitative estimate of drug-likeness (QED) is 0.591. The molecule has 1 amide bonds. The molecule has 0 spiro atoms. The number of carbonyl (C=O) groups is 1. The summed E-state index contributed by atoms with van der Waals surface area (Å²) in [6.07, 6.45) is 2.22. The molecule has 0 N–H and O–H groups in total. The van der Waals surface area contributed by atoms with E-state index in [1.165, 1.54) is 21.3 Å². The van der Waals surface area contributed by atoms with Crippen LogP contribution in [0.3, 0.4) is 0 Å². The Hall–Kier alpha value is -1.52. The van der Waals surface area contributed by atoms with Gasteiger partial charge >= 0.3 is 0 Å². The molecule has 0 saturated carbocycles. The fourth-order valence-electron chi connectivity index (χ4n) is 2.88. The summed E-state index contributed by atoms with van der Waals surface area (Å²) in [5.41, 5.74) is 0. The van der Waals surface area contributed by atoms with Crippen molar-refractivity contribution in [3.05, 3.63) is 30.1 Å². The van der Waals surface area contributed by atoms with Gasteiger partial charge in [0.1, 0.15) is 11.6 Å². The Morgan fingerprint density at radius 3 is 2.33 bits per heavy atom. The molecule has 1 fully saturated rings. The minimum Gasteiger partial charge on any atom is -0.339 e. The molecule has 0 atom stereocenters. The van der Waals surface area contributed by atoms with E-state index in [4.69, 9.17) is 0 Å². The highest BCUT2D eigenvalue weighted by molar-refractivity contribution is 7.92. The van der Waals surface area contributed by atoms with E-state index in [0.29, 0.717) is 6.42 Å². The van der Waals surface area contributed by atoms with Crippen molar-refractivity contribution in [2.24, 2.45) is 0 Å². The summed E-state index contributed by atoms with van der Waals surface area (Å²) in [5, 5.41) is 0. The highest BCUT2D eigenvalue weighted by Gasteiger charge is 2.31. The molecule has 0 radical (unpaired) electrons. The average molecular weight is 421 g/mol. The SMILES string of the molecule is CCCCCS(=O)(=O)CC(=O)N1CCN(S(=O)(=O)c2cccc(F)c2)CC1. The lowest BCUT2D eigenvalue weighted by atomic mass is 10.3. The van der Waals surface area contributed by atoms with E-state index in [9.17, 15) is 26.0 Å². The fourth-order valence-corrected chi connectivity index (χ4v) is 5.68. The van der Waals surface area contributed by atoms with Crippen LogP contribution in [0.4, 0.5) is 4.39 Å². The van der Waals surface area contributed by atoms with E-state index in [0.717, 1.165) is 25.0 Å². The van der Waals surface area contributed by atoms with Crippen LogP contribution in [0.15, 0.2) is 29.2 Å². The monoisotopic (exact) mass is 420 g/mol. The molecule has 152 valence electrons. The van der Waals surface area contributed by atoms with Crippen molar-refractivity contribution in [3.63, 3.8) is 0 Å².